The maximum Gasteiger partial charge on any atom is 0.173 e. The highest BCUT2D eigenvalue weighted by molar-refractivity contribution is 5.82. The first-order valence-electron chi connectivity index (χ1n) is 6.10. The van der Waals surface area contributed by atoms with E-state index in [2.05, 4.69) is 0 Å². The predicted octanol–water partition coefficient (Wildman–Crippen LogP) is 2.78. The molecule has 96 valence electrons. The molecule has 0 atom stereocenters. The summed E-state index contributed by atoms with van der Waals surface area (Å²) in [5, 5.41) is 0. The van der Waals surface area contributed by atoms with Crippen molar-refractivity contribution in [1.82, 2.24) is 0 Å². The van der Waals surface area contributed by atoms with E-state index in [0.717, 1.165) is 31.7 Å². The summed E-state index contributed by atoms with van der Waals surface area (Å²) in [7, 11) is 0. The molecule has 1 aromatic rings. The monoisotopic (exact) mass is 250 g/mol. The highest BCUT2D eigenvalue weighted by Crippen LogP contribution is 2.25. The van der Waals surface area contributed by atoms with Gasteiger partial charge in [0.2, 0.25) is 0 Å². The Morgan fingerprint density at radius 2 is 2.06 bits per heavy atom. The van der Waals surface area contributed by atoms with Gasteiger partial charge in [-0.3, -0.25) is 9.59 Å². The van der Waals surface area contributed by atoms with Gasteiger partial charge in [0.25, 0.3) is 0 Å². The lowest BCUT2D eigenvalue weighted by Gasteiger charge is -2.10. The Balaban J connectivity index is 1.94. The number of hydrogen-bond acceptors (Lipinski definition) is 3. The van der Waals surface area contributed by atoms with Gasteiger partial charge in [-0.15, -0.1) is 0 Å². The van der Waals surface area contributed by atoms with Gasteiger partial charge in [-0.25, -0.2) is 4.39 Å². The minimum atomic E-state index is -0.539. The Labute approximate surface area is 105 Å². The number of aldehydes is 1. The molecule has 0 radical (unpaired) electrons. The third-order valence-corrected chi connectivity index (χ3v) is 3.22. The topological polar surface area (TPSA) is 43.4 Å². The molecule has 1 fully saturated rings. The third kappa shape index (κ3) is 3.15. The fraction of sp³-hybridized carbons (Fsp3) is 0.429. The average molecular weight is 250 g/mol. The van der Waals surface area contributed by atoms with E-state index in [0.29, 0.717) is 6.29 Å². The van der Waals surface area contributed by atoms with E-state index < -0.39 is 5.82 Å². The van der Waals surface area contributed by atoms with Crippen LogP contribution in [0.1, 0.15) is 36.0 Å². The fourth-order valence-electron chi connectivity index (χ4n) is 2.26. The van der Waals surface area contributed by atoms with Gasteiger partial charge in [-0.2, -0.15) is 0 Å². The van der Waals surface area contributed by atoms with Crippen molar-refractivity contribution in [3.63, 3.8) is 0 Å². The molecule has 18 heavy (non-hydrogen) atoms. The largest absolute Gasteiger partial charge is 0.486 e. The summed E-state index contributed by atoms with van der Waals surface area (Å²) in [6, 6.07) is 3.73. The molecule has 1 saturated carbocycles. The standard InChI is InChI=1S/C14H15FO3/c15-12-5-10(8-16)6-13(7-12)18-9-14(17)11-3-1-2-4-11/h5-8,11H,1-4,9H2. The Kier molecular flexibility index (Phi) is 4.07. The zero-order valence-corrected chi connectivity index (χ0v) is 10.0. The molecule has 0 spiro atoms. The Bertz CT molecular complexity index is 450. The first-order chi connectivity index (χ1) is 8.69. The van der Waals surface area contributed by atoms with Crippen molar-refractivity contribution in [2.45, 2.75) is 25.7 Å². The van der Waals surface area contributed by atoms with Crippen molar-refractivity contribution >= 4 is 12.1 Å². The van der Waals surface area contributed by atoms with Crippen LogP contribution in [0.4, 0.5) is 4.39 Å². The molecule has 3 nitrogen and oxygen atoms in total. The van der Waals surface area contributed by atoms with Crippen LogP contribution in [0.15, 0.2) is 18.2 Å². The van der Waals surface area contributed by atoms with Crippen LogP contribution < -0.4 is 4.74 Å². The van der Waals surface area contributed by atoms with E-state index in [9.17, 15) is 14.0 Å². The van der Waals surface area contributed by atoms with E-state index in [1.807, 2.05) is 0 Å². The number of carbonyl (C=O) groups excluding carboxylic acids is 2. The maximum absolute atomic E-state index is 13.1. The lowest BCUT2D eigenvalue weighted by atomic mass is 10.0. The number of carbonyl (C=O) groups is 2. The Morgan fingerprint density at radius 1 is 1.33 bits per heavy atom. The first-order valence-corrected chi connectivity index (χ1v) is 6.10. The van der Waals surface area contributed by atoms with Gasteiger partial charge in [0.15, 0.2) is 5.78 Å². The van der Waals surface area contributed by atoms with Crippen molar-refractivity contribution in [2.75, 3.05) is 6.61 Å². The summed E-state index contributed by atoms with van der Waals surface area (Å²) in [6.07, 6.45) is 4.57. The van der Waals surface area contributed by atoms with E-state index >= 15 is 0 Å². The van der Waals surface area contributed by atoms with Gasteiger partial charge in [-0.05, 0) is 25.0 Å². The van der Waals surface area contributed by atoms with Gasteiger partial charge in [0.1, 0.15) is 24.5 Å². The molecule has 2 rings (SSSR count). The number of Topliss-reactive ketones (excluding diaryl/α,β-unsaturated/α-hetero) is 1. The van der Waals surface area contributed by atoms with Crippen LogP contribution in [-0.4, -0.2) is 18.7 Å². The molecule has 0 saturated heterocycles. The lowest BCUT2D eigenvalue weighted by molar-refractivity contribution is -0.124. The molecule has 0 aromatic heterocycles. The smallest absolute Gasteiger partial charge is 0.173 e. The number of ketones is 1. The summed E-state index contributed by atoms with van der Waals surface area (Å²) in [6.45, 7) is -0.0492. The van der Waals surface area contributed by atoms with E-state index in [-0.39, 0.29) is 29.6 Å². The van der Waals surface area contributed by atoms with Crippen molar-refractivity contribution in [1.29, 1.82) is 0 Å². The van der Waals surface area contributed by atoms with Gasteiger partial charge >= 0.3 is 0 Å². The van der Waals surface area contributed by atoms with Crippen LogP contribution >= 0.6 is 0 Å². The van der Waals surface area contributed by atoms with E-state index in [1.54, 1.807) is 0 Å². The normalized spacial score (nSPS) is 15.6. The molecular weight excluding hydrogens is 235 g/mol. The molecule has 4 heteroatoms. The number of halogens is 1. The molecule has 1 aromatic carbocycles. The molecule has 0 unspecified atom stereocenters. The molecule has 0 bridgehead atoms. The molecule has 1 aliphatic rings. The van der Waals surface area contributed by atoms with Gasteiger partial charge < -0.3 is 4.74 Å². The highest BCUT2D eigenvalue weighted by Gasteiger charge is 2.22. The van der Waals surface area contributed by atoms with Crippen molar-refractivity contribution < 1.29 is 18.7 Å². The van der Waals surface area contributed by atoms with Gasteiger partial charge in [-0.1, -0.05) is 12.8 Å². The Morgan fingerprint density at radius 3 is 2.72 bits per heavy atom. The van der Waals surface area contributed by atoms with Crippen molar-refractivity contribution in [3.05, 3.63) is 29.6 Å². The number of hydrogen-bond donors (Lipinski definition) is 0. The van der Waals surface area contributed by atoms with Crippen LogP contribution in [0.3, 0.4) is 0 Å². The van der Waals surface area contributed by atoms with Gasteiger partial charge in [0.05, 0.1) is 0 Å². The lowest BCUT2D eigenvalue weighted by Crippen LogP contribution is -2.19. The van der Waals surface area contributed by atoms with Crippen LogP contribution in [0, 0.1) is 11.7 Å². The quantitative estimate of drug-likeness (QED) is 0.755. The predicted molar refractivity (Wildman–Crippen MR) is 64.2 cm³/mol. The zero-order valence-electron chi connectivity index (χ0n) is 10.0. The Hall–Kier alpha value is -1.71. The third-order valence-electron chi connectivity index (χ3n) is 3.22. The van der Waals surface area contributed by atoms with Crippen LogP contribution in [-0.2, 0) is 4.79 Å². The molecular formula is C14H15FO3. The number of benzene rings is 1. The first kappa shape index (κ1) is 12.7. The molecule has 0 heterocycles. The second-order valence-corrected chi connectivity index (χ2v) is 4.57. The summed E-state index contributed by atoms with van der Waals surface area (Å²) in [5.74, 6) is -0.167. The minimum absolute atomic E-state index is 0.0492. The minimum Gasteiger partial charge on any atom is -0.486 e. The highest BCUT2D eigenvalue weighted by atomic mass is 19.1. The maximum atomic E-state index is 13.1. The van der Waals surface area contributed by atoms with Gasteiger partial charge in [0, 0.05) is 17.5 Å². The summed E-state index contributed by atoms with van der Waals surface area (Å²) >= 11 is 0. The second kappa shape index (κ2) is 5.76. The zero-order chi connectivity index (χ0) is 13.0. The molecule has 1 aliphatic carbocycles. The molecule has 0 N–H and O–H groups in total. The van der Waals surface area contributed by atoms with Crippen LogP contribution in [0.25, 0.3) is 0 Å². The van der Waals surface area contributed by atoms with Crippen LogP contribution in [0.5, 0.6) is 5.75 Å². The number of rotatable bonds is 5. The summed E-state index contributed by atoms with van der Waals surface area (Å²) in [5.41, 5.74) is 0.207. The number of ether oxygens (including phenoxy) is 1. The van der Waals surface area contributed by atoms with Crippen molar-refractivity contribution in [2.24, 2.45) is 5.92 Å². The summed E-state index contributed by atoms with van der Waals surface area (Å²) in [4.78, 5) is 22.3. The SMILES string of the molecule is O=Cc1cc(F)cc(OCC(=O)C2CCCC2)c1. The molecule has 0 amide bonds. The van der Waals surface area contributed by atoms with E-state index in [4.69, 9.17) is 4.74 Å². The fourth-order valence-corrected chi connectivity index (χ4v) is 2.26. The van der Waals surface area contributed by atoms with Crippen LogP contribution in [0.2, 0.25) is 0 Å². The summed E-state index contributed by atoms with van der Waals surface area (Å²) < 4.78 is 18.4. The second-order valence-electron chi connectivity index (χ2n) is 4.57. The van der Waals surface area contributed by atoms with E-state index in [1.165, 1.54) is 12.1 Å². The molecule has 0 aliphatic heterocycles. The average Bonchev–Trinajstić information content (AvgIpc) is 2.89. The van der Waals surface area contributed by atoms with Crippen molar-refractivity contribution in [3.8, 4) is 5.75 Å².